The van der Waals surface area contributed by atoms with Crippen LogP contribution in [0, 0.1) is 5.41 Å². The highest BCUT2D eigenvalue weighted by Gasteiger charge is 2.24. The van der Waals surface area contributed by atoms with Crippen molar-refractivity contribution in [2.45, 2.75) is 46.5 Å². The van der Waals surface area contributed by atoms with Gasteiger partial charge in [0.25, 0.3) is 0 Å². The number of rotatable bonds is 2. The molecule has 0 aromatic rings. The van der Waals surface area contributed by atoms with E-state index in [0.29, 0.717) is 5.41 Å². The molecule has 0 aliphatic heterocycles. The minimum atomic E-state index is 0.554. The summed E-state index contributed by atoms with van der Waals surface area (Å²) in [7, 11) is 0. The van der Waals surface area contributed by atoms with Gasteiger partial charge in [0.05, 0.1) is 0 Å². The maximum Gasteiger partial charge on any atom is -0.0141 e. The van der Waals surface area contributed by atoms with Crippen molar-refractivity contribution in [1.82, 2.24) is 0 Å². The first-order chi connectivity index (χ1) is 4.66. The molecule has 1 rings (SSSR count). The minimum Gasteiger partial charge on any atom is -0.0796 e. The van der Waals surface area contributed by atoms with Crippen LogP contribution in [-0.4, -0.2) is 0 Å². The zero-order chi connectivity index (χ0) is 7.61. The summed E-state index contributed by atoms with van der Waals surface area (Å²) in [6.45, 7) is 6.90. The lowest BCUT2D eigenvalue weighted by Crippen LogP contribution is -2.07. The summed E-state index contributed by atoms with van der Waals surface area (Å²) >= 11 is 0. The molecule has 0 aromatic carbocycles. The van der Waals surface area contributed by atoms with Crippen LogP contribution in [0.4, 0.5) is 0 Å². The molecule has 58 valence electrons. The summed E-state index contributed by atoms with van der Waals surface area (Å²) in [6, 6.07) is 0. The van der Waals surface area contributed by atoms with Gasteiger partial charge in [-0.1, -0.05) is 31.9 Å². The van der Waals surface area contributed by atoms with Gasteiger partial charge in [0, 0.05) is 0 Å². The fourth-order valence-corrected chi connectivity index (χ4v) is 1.99. The van der Waals surface area contributed by atoms with Gasteiger partial charge in [0.15, 0.2) is 0 Å². The third-order valence-electron chi connectivity index (χ3n) is 2.51. The zero-order valence-electron chi connectivity index (χ0n) is 7.41. The lowest BCUT2D eigenvalue weighted by atomic mass is 9.85. The van der Waals surface area contributed by atoms with E-state index in [1.807, 2.05) is 0 Å². The van der Waals surface area contributed by atoms with Crippen LogP contribution in [0.3, 0.4) is 0 Å². The summed E-state index contributed by atoms with van der Waals surface area (Å²) in [5.74, 6) is 0. The van der Waals surface area contributed by atoms with Gasteiger partial charge in [-0.2, -0.15) is 0 Å². The Morgan fingerprint density at radius 3 is 2.70 bits per heavy atom. The Hall–Kier alpha value is -0.260. The molecule has 10 heavy (non-hydrogen) atoms. The second kappa shape index (κ2) is 2.77. The molecular formula is C10H18. The van der Waals surface area contributed by atoms with Crippen LogP contribution in [0.25, 0.3) is 0 Å². The first-order valence-electron chi connectivity index (χ1n) is 4.35. The van der Waals surface area contributed by atoms with E-state index < -0.39 is 0 Å². The Balaban J connectivity index is 2.54. The van der Waals surface area contributed by atoms with E-state index in [4.69, 9.17) is 0 Å². The molecule has 1 atom stereocenters. The molecule has 0 nitrogen and oxygen atoms in total. The van der Waals surface area contributed by atoms with E-state index in [1.54, 1.807) is 5.57 Å². The minimum absolute atomic E-state index is 0.554. The molecule has 0 heterocycles. The molecule has 1 unspecified atom stereocenters. The van der Waals surface area contributed by atoms with Crippen LogP contribution in [-0.2, 0) is 0 Å². The van der Waals surface area contributed by atoms with E-state index >= 15 is 0 Å². The molecule has 0 radical (unpaired) electrons. The van der Waals surface area contributed by atoms with Gasteiger partial charge in [0.2, 0.25) is 0 Å². The highest BCUT2D eigenvalue weighted by atomic mass is 14.3. The fourth-order valence-electron chi connectivity index (χ4n) is 1.99. The van der Waals surface area contributed by atoms with Gasteiger partial charge < -0.3 is 0 Å². The highest BCUT2D eigenvalue weighted by Crippen LogP contribution is 2.38. The van der Waals surface area contributed by atoms with Crippen molar-refractivity contribution in [3.8, 4) is 0 Å². The summed E-state index contributed by atoms with van der Waals surface area (Å²) in [5.41, 5.74) is 2.15. The number of hydrogen-bond acceptors (Lipinski definition) is 0. The molecule has 1 aliphatic rings. The molecule has 0 fully saturated rings. The third-order valence-corrected chi connectivity index (χ3v) is 2.51. The molecule has 0 spiro atoms. The Morgan fingerprint density at radius 2 is 2.30 bits per heavy atom. The molecule has 0 bridgehead atoms. The lowest BCUT2D eigenvalue weighted by molar-refractivity contribution is 0.380. The van der Waals surface area contributed by atoms with Crippen molar-refractivity contribution >= 4 is 0 Å². The topological polar surface area (TPSA) is 0 Å². The second-order valence-corrected chi connectivity index (χ2v) is 3.89. The van der Waals surface area contributed by atoms with E-state index in [-0.39, 0.29) is 0 Å². The summed E-state index contributed by atoms with van der Waals surface area (Å²) in [4.78, 5) is 0. The number of hydrogen-bond donors (Lipinski definition) is 0. The Kier molecular flexibility index (Phi) is 2.18. The lowest BCUT2D eigenvalue weighted by Gasteiger charge is -2.19. The molecule has 0 saturated carbocycles. The Bertz CT molecular complexity index is 144. The smallest absolute Gasteiger partial charge is 0.0141 e. The molecule has 0 N–H and O–H groups in total. The normalized spacial score (nSPS) is 32.5. The third kappa shape index (κ3) is 1.62. The van der Waals surface area contributed by atoms with E-state index in [2.05, 4.69) is 26.8 Å². The summed E-state index contributed by atoms with van der Waals surface area (Å²) < 4.78 is 0. The van der Waals surface area contributed by atoms with Gasteiger partial charge in [-0.25, -0.2) is 0 Å². The van der Waals surface area contributed by atoms with Gasteiger partial charge in [0.1, 0.15) is 0 Å². The largest absolute Gasteiger partial charge is 0.0796 e. The van der Waals surface area contributed by atoms with Crippen molar-refractivity contribution in [3.05, 3.63) is 11.6 Å². The van der Waals surface area contributed by atoms with Gasteiger partial charge in [-0.15, -0.1) is 0 Å². The summed E-state index contributed by atoms with van der Waals surface area (Å²) in [6.07, 6.45) is 7.87. The monoisotopic (exact) mass is 138 g/mol. The Morgan fingerprint density at radius 1 is 1.60 bits per heavy atom. The quantitative estimate of drug-likeness (QED) is 0.512. The molecule has 0 aromatic heterocycles. The average Bonchev–Trinajstić information content (AvgIpc) is 2.12. The standard InChI is InChI=1S/C10H18/c1-4-6-10(3)7-5-9(2)8-10/h8H,4-7H2,1-3H3. The average molecular weight is 138 g/mol. The molecular weight excluding hydrogens is 120 g/mol. The van der Waals surface area contributed by atoms with Crippen LogP contribution >= 0.6 is 0 Å². The number of allylic oxidation sites excluding steroid dienone is 2. The van der Waals surface area contributed by atoms with Crippen molar-refractivity contribution in [2.24, 2.45) is 5.41 Å². The summed E-state index contributed by atoms with van der Waals surface area (Å²) in [5, 5.41) is 0. The van der Waals surface area contributed by atoms with Crippen molar-refractivity contribution in [2.75, 3.05) is 0 Å². The van der Waals surface area contributed by atoms with Crippen LogP contribution < -0.4 is 0 Å². The Labute approximate surface area is 64.3 Å². The van der Waals surface area contributed by atoms with Crippen LogP contribution in [0.5, 0.6) is 0 Å². The first kappa shape index (κ1) is 7.84. The first-order valence-corrected chi connectivity index (χ1v) is 4.35. The predicted molar refractivity (Wildman–Crippen MR) is 46.0 cm³/mol. The maximum atomic E-state index is 2.47. The van der Waals surface area contributed by atoms with E-state index in [0.717, 1.165) is 0 Å². The van der Waals surface area contributed by atoms with Crippen molar-refractivity contribution in [1.29, 1.82) is 0 Å². The molecule has 0 heteroatoms. The van der Waals surface area contributed by atoms with E-state index in [1.165, 1.54) is 25.7 Å². The highest BCUT2D eigenvalue weighted by molar-refractivity contribution is 5.13. The fraction of sp³-hybridized carbons (Fsp3) is 0.800. The predicted octanol–water partition coefficient (Wildman–Crippen LogP) is 3.53. The van der Waals surface area contributed by atoms with Gasteiger partial charge in [-0.05, 0) is 31.6 Å². The van der Waals surface area contributed by atoms with Gasteiger partial charge in [-0.3, -0.25) is 0 Å². The van der Waals surface area contributed by atoms with Crippen LogP contribution in [0.1, 0.15) is 46.5 Å². The van der Waals surface area contributed by atoms with Crippen molar-refractivity contribution in [3.63, 3.8) is 0 Å². The molecule has 0 saturated heterocycles. The van der Waals surface area contributed by atoms with Crippen LogP contribution in [0.15, 0.2) is 11.6 Å². The van der Waals surface area contributed by atoms with Gasteiger partial charge >= 0.3 is 0 Å². The van der Waals surface area contributed by atoms with Crippen LogP contribution in [0.2, 0.25) is 0 Å². The van der Waals surface area contributed by atoms with E-state index in [9.17, 15) is 0 Å². The second-order valence-electron chi connectivity index (χ2n) is 3.89. The SMILES string of the molecule is CCCC1(C)C=C(C)CC1. The molecule has 0 amide bonds. The maximum absolute atomic E-state index is 2.47. The van der Waals surface area contributed by atoms with Crippen molar-refractivity contribution < 1.29 is 0 Å². The molecule has 1 aliphatic carbocycles. The zero-order valence-corrected chi connectivity index (χ0v) is 7.41.